The van der Waals surface area contributed by atoms with Crippen LogP contribution in [0, 0.1) is 0 Å². The van der Waals surface area contributed by atoms with E-state index in [0.29, 0.717) is 11.3 Å². The number of carbonyl (C=O) groups is 1. The van der Waals surface area contributed by atoms with E-state index in [1.165, 1.54) is 13.3 Å². The summed E-state index contributed by atoms with van der Waals surface area (Å²) in [5, 5.41) is 9.34. The van der Waals surface area contributed by atoms with Gasteiger partial charge in [-0.2, -0.15) is 0 Å². The molecule has 0 bridgehead atoms. The minimum atomic E-state index is -1.30. The van der Waals surface area contributed by atoms with Gasteiger partial charge >= 0.3 is 5.97 Å². The lowest BCUT2D eigenvalue weighted by Gasteiger charge is -2.14. The van der Waals surface area contributed by atoms with Gasteiger partial charge in [-0.1, -0.05) is 6.07 Å². The Hall–Kier alpha value is -2.37. The minimum Gasteiger partial charge on any atom is -0.495 e. The van der Waals surface area contributed by atoms with Crippen molar-refractivity contribution in [3.05, 3.63) is 40.2 Å². The Labute approximate surface area is 114 Å². The second-order valence-electron chi connectivity index (χ2n) is 4.27. The number of aromatic nitrogens is 1. The van der Waals surface area contributed by atoms with Crippen molar-refractivity contribution in [2.45, 2.75) is 13.0 Å². The van der Waals surface area contributed by atoms with E-state index in [1.807, 2.05) is 0 Å². The average molecular weight is 279 g/mol. The van der Waals surface area contributed by atoms with Gasteiger partial charge in [0.1, 0.15) is 11.3 Å². The zero-order valence-electron chi connectivity index (χ0n) is 10.9. The van der Waals surface area contributed by atoms with Gasteiger partial charge in [-0.15, -0.1) is 0 Å². The molecule has 2 rings (SSSR count). The molecule has 0 aliphatic rings. The third kappa shape index (κ3) is 2.36. The number of fused-ring (bicyclic) bond motifs is 1. The fourth-order valence-corrected chi connectivity index (χ4v) is 2.15. The molecule has 0 atom stereocenters. The number of aryl methyl sites for hydroxylation is 1. The number of hydrogen-bond donors (Lipinski definition) is 1. The molecule has 0 saturated heterocycles. The first-order valence-electron chi connectivity index (χ1n) is 6.09. The Kier molecular flexibility index (Phi) is 4.02. The van der Waals surface area contributed by atoms with Crippen molar-refractivity contribution >= 4 is 16.9 Å². The Bertz CT molecular complexity index is 708. The summed E-state index contributed by atoms with van der Waals surface area (Å²) in [6.07, 6.45) is 1.47. The van der Waals surface area contributed by atoms with Crippen molar-refractivity contribution < 1.29 is 19.0 Å². The third-order valence-corrected chi connectivity index (χ3v) is 3.04. The number of aromatic carboxylic acids is 1. The van der Waals surface area contributed by atoms with Gasteiger partial charge in [-0.25, -0.2) is 4.79 Å². The molecular formula is C14H14FNO4. The molecule has 0 spiro atoms. The van der Waals surface area contributed by atoms with Gasteiger partial charge in [0, 0.05) is 12.7 Å². The summed E-state index contributed by atoms with van der Waals surface area (Å²) in [6, 6.07) is 4.83. The second-order valence-corrected chi connectivity index (χ2v) is 4.27. The molecule has 0 unspecified atom stereocenters. The maximum Gasteiger partial charge on any atom is 0.341 e. The molecule has 20 heavy (non-hydrogen) atoms. The number of carboxylic acids is 1. The van der Waals surface area contributed by atoms with Crippen LogP contribution in [0.3, 0.4) is 0 Å². The molecule has 1 N–H and O–H groups in total. The molecule has 6 heteroatoms. The fourth-order valence-electron chi connectivity index (χ4n) is 2.15. The molecule has 106 valence electrons. The summed E-state index contributed by atoms with van der Waals surface area (Å²) in [6.45, 7) is -0.251. The van der Waals surface area contributed by atoms with Crippen LogP contribution in [0.25, 0.3) is 10.9 Å². The van der Waals surface area contributed by atoms with Crippen molar-refractivity contribution in [1.29, 1.82) is 0 Å². The molecule has 0 radical (unpaired) electrons. The summed E-state index contributed by atoms with van der Waals surface area (Å²) in [4.78, 5) is 23.3. The van der Waals surface area contributed by atoms with Gasteiger partial charge < -0.3 is 14.4 Å². The van der Waals surface area contributed by atoms with E-state index in [4.69, 9.17) is 9.84 Å². The van der Waals surface area contributed by atoms with E-state index >= 15 is 0 Å². The number of methoxy groups -OCH3 is 1. The smallest absolute Gasteiger partial charge is 0.341 e. The molecule has 0 saturated carbocycles. The van der Waals surface area contributed by atoms with Gasteiger partial charge in [0.2, 0.25) is 5.43 Å². The topological polar surface area (TPSA) is 68.5 Å². The number of benzene rings is 1. The van der Waals surface area contributed by atoms with Crippen molar-refractivity contribution in [3.8, 4) is 5.75 Å². The van der Waals surface area contributed by atoms with Crippen LogP contribution >= 0.6 is 0 Å². The maximum absolute atomic E-state index is 12.4. The molecule has 1 heterocycles. The molecule has 0 aliphatic heterocycles. The van der Waals surface area contributed by atoms with Crippen LogP contribution < -0.4 is 10.2 Å². The van der Waals surface area contributed by atoms with Crippen LogP contribution in [0.15, 0.2) is 29.2 Å². The third-order valence-electron chi connectivity index (χ3n) is 3.04. The zero-order valence-corrected chi connectivity index (χ0v) is 10.9. The monoisotopic (exact) mass is 279 g/mol. The van der Waals surface area contributed by atoms with E-state index in [-0.39, 0.29) is 23.9 Å². The van der Waals surface area contributed by atoms with E-state index in [9.17, 15) is 14.0 Å². The quantitative estimate of drug-likeness (QED) is 0.909. The first-order chi connectivity index (χ1) is 9.60. The summed E-state index contributed by atoms with van der Waals surface area (Å²) in [5.74, 6) is -0.843. The van der Waals surface area contributed by atoms with Crippen molar-refractivity contribution in [2.24, 2.45) is 0 Å². The molecule has 2 aromatic rings. The Morgan fingerprint density at radius 3 is 2.80 bits per heavy atom. The van der Waals surface area contributed by atoms with Crippen LogP contribution in [-0.2, 0) is 6.54 Å². The second kappa shape index (κ2) is 5.73. The highest BCUT2D eigenvalue weighted by atomic mass is 19.1. The normalized spacial score (nSPS) is 10.7. The van der Waals surface area contributed by atoms with Gasteiger partial charge in [-0.3, -0.25) is 9.18 Å². The molecule has 1 aromatic carbocycles. The molecule has 0 amide bonds. The van der Waals surface area contributed by atoms with Gasteiger partial charge in [-0.05, 0) is 18.6 Å². The van der Waals surface area contributed by atoms with E-state index < -0.39 is 18.1 Å². The number of carboxylic acid groups (broad SMARTS) is 1. The summed E-state index contributed by atoms with van der Waals surface area (Å²) in [7, 11) is 1.46. The first kappa shape index (κ1) is 14.0. The summed E-state index contributed by atoms with van der Waals surface area (Å²) >= 11 is 0. The number of alkyl halides is 1. The minimum absolute atomic E-state index is 0.231. The Morgan fingerprint density at radius 2 is 2.20 bits per heavy atom. The largest absolute Gasteiger partial charge is 0.495 e. The summed E-state index contributed by atoms with van der Waals surface area (Å²) < 4.78 is 19.1. The van der Waals surface area contributed by atoms with Crippen LogP contribution in [0.2, 0.25) is 0 Å². The maximum atomic E-state index is 12.4. The number of nitrogens with zero attached hydrogens (tertiary/aromatic N) is 1. The van der Waals surface area contributed by atoms with E-state index in [2.05, 4.69) is 0 Å². The van der Waals surface area contributed by atoms with Crippen molar-refractivity contribution in [2.75, 3.05) is 13.8 Å². The van der Waals surface area contributed by atoms with Crippen LogP contribution in [0.5, 0.6) is 5.75 Å². The van der Waals surface area contributed by atoms with Crippen molar-refractivity contribution in [3.63, 3.8) is 0 Å². The lowest BCUT2D eigenvalue weighted by molar-refractivity contribution is 0.0695. The first-order valence-corrected chi connectivity index (χ1v) is 6.09. The highest BCUT2D eigenvalue weighted by Crippen LogP contribution is 2.24. The number of rotatable bonds is 5. The molecular weight excluding hydrogens is 265 g/mol. The molecule has 5 nitrogen and oxygen atoms in total. The number of ether oxygens (including phenoxy) is 1. The number of para-hydroxylation sites is 1. The number of pyridine rings is 1. The standard InChI is InChI=1S/C14H14FNO4/c1-20-11-5-2-4-9-12(11)16(7-3-6-15)8-10(13(9)17)14(18)19/h2,4-5,8H,3,6-7H2,1H3,(H,18,19). The predicted octanol–water partition coefficient (Wildman–Crippen LogP) is 2.07. The van der Waals surface area contributed by atoms with Crippen LogP contribution in [0.1, 0.15) is 16.8 Å². The van der Waals surface area contributed by atoms with Gasteiger partial charge in [0.15, 0.2) is 0 Å². The Balaban J connectivity index is 2.82. The Morgan fingerprint density at radius 1 is 1.45 bits per heavy atom. The molecule has 0 aliphatic carbocycles. The SMILES string of the molecule is COc1cccc2c(=O)c(C(=O)O)cn(CCCF)c12. The predicted molar refractivity (Wildman–Crippen MR) is 72.3 cm³/mol. The van der Waals surface area contributed by atoms with Crippen LogP contribution in [0.4, 0.5) is 4.39 Å². The molecule has 0 fully saturated rings. The average Bonchev–Trinajstić information content (AvgIpc) is 2.45. The number of halogens is 1. The van der Waals surface area contributed by atoms with E-state index in [0.717, 1.165) is 0 Å². The molecule has 1 aromatic heterocycles. The van der Waals surface area contributed by atoms with Gasteiger partial charge in [0.05, 0.1) is 24.7 Å². The number of hydrogen-bond acceptors (Lipinski definition) is 3. The van der Waals surface area contributed by atoms with Crippen molar-refractivity contribution in [1.82, 2.24) is 4.57 Å². The lowest BCUT2D eigenvalue weighted by Crippen LogP contribution is -2.19. The highest BCUT2D eigenvalue weighted by molar-refractivity contribution is 5.94. The zero-order chi connectivity index (χ0) is 14.7. The summed E-state index contributed by atoms with van der Waals surface area (Å²) in [5.41, 5.74) is -0.411. The van der Waals surface area contributed by atoms with Gasteiger partial charge in [0.25, 0.3) is 0 Å². The highest BCUT2D eigenvalue weighted by Gasteiger charge is 2.16. The van der Waals surface area contributed by atoms with Crippen LogP contribution in [-0.4, -0.2) is 29.4 Å². The lowest BCUT2D eigenvalue weighted by atomic mass is 10.1. The van der Waals surface area contributed by atoms with E-state index in [1.54, 1.807) is 22.8 Å². The fraction of sp³-hybridized carbons (Fsp3) is 0.286.